The Morgan fingerprint density at radius 1 is 1.05 bits per heavy atom. The van der Waals surface area contributed by atoms with Crippen LogP contribution in [0.25, 0.3) is 0 Å². The first-order valence-electron chi connectivity index (χ1n) is 6.03. The standard InChI is InChI=1S/C15H15BrFNO2/c1-19-12-5-10(6-13(8-12)20-2)9-18-15-7-11(17)3-4-14(15)16/h3-8,18H,9H2,1-2H3. The summed E-state index contributed by atoms with van der Waals surface area (Å²) in [6.45, 7) is 0.537. The van der Waals surface area contributed by atoms with Crippen LogP contribution in [0.3, 0.4) is 0 Å². The zero-order valence-corrected chi connectivity index (χ0v) is 12.8. The maximum absolute atomic E-state index is 13.2. The number of rotatable bonds is 5. The zero-order chi connectivity index (χ0) is 14.5. The summed E-state index contributed by atoms with van der Waals surface area (Å²) < 4.78 is 24.5. The summed E-state index contributed by atoms with van der Waals surface area (Å²) in [4.78, 5) is 0. The SMILES string of the molecule is COc1cc(CNc2cc(F)ccc2Br)cc(OC)c1. The number of ether oxygens (including phenoxy) is 2. The third-order valence-corrected chi connectivity index (χ3v) is 3.51. The van der Waals surface area contributed by atoms with Crippen LogP contribution in [0.1, 0.15) is 5.56 Å². The van der Waals surface area contributed by atoms with Crippen LogP contribution in [-0.4, -0.2) is 14.2 Å². The van der Waals surface area contributed by atoms with Gasteiger partial charge in [0.2, 0.25) is 0 Å². The first-order valence-corrected chi connectivity index (χ1v) is 6.82. The van der Waals surface area contributed by atoms with Crippen LogP contribution < -0.4 is 14.8 Å². The van der Waals surface area contributed by atoms with Crippen LogP contribution in [0.15, 0.2) is 40.9 Å². The topological polar surface area (TPSA) is 30.5 Å². The minimum absolute atomic E-state index is 0.279. The molecule has 0 fully saturated rings. The fraction of sp³-hybridized carbons (Fsp3) is 0.200. The second kappa shape index (κ2) is 6.61. The number of benzene rings is 2. The average molecular weight is 340 g/mol. The molecule has 0 aliphatic carbocycles. The van der Waals surface area contributed by atoms with E-state index in [-0.39, 0.29) is 5.82 Å². The summed E-state index contributed by atoms with van der Waals surface area (Å²) in [6.07, 6.45) is 0. The lowest BCUT2D eigenvalue weighted by Gasteiger charge is -2.11. The predicted octanol–water partition coefficient (Wildman–Crippen LogP) is 4.22. The summed E-state index contributed by atoms with van der Waals surface area (Å²) in [7, 11) is 3.21. The molecule has 0 aliphatic heterocycles. The van der Waals surface area contributed by atoms with Gasteiger partial charge in [0.1, 0.15) is 17.3 Å². The highest BCUT2D eigenvalue weighted by Crippen LogP contribution is 2.26. The Morgan fingerprint density at radius 2 is 1.70 bits per heavy atom. The van der Waals surface area contributed by atoms with Crippen molar-refractivity contribution in [2.75, 3.05) is 19.5 Å². The highest BCUT2D eigenvalue weighted by atomic mass is 79.9. The number of halogens is 2. The molecule has 0 aromatic heterocycles. The maximum Gasteiger partial charge on any atom is 0.125 e. The number of hydrogen-bond donors (Lipinski definition) is 1. The van der Waals surface area contributed by atoms with E-state index in [2.05, 4.69) is 21.2 Å². The van der Waals surface area contributed by atoms with Gasteiger partial charge in [-0.25, -0.2) is 4.39 Å². The van der Waals surface area contributed by atoms with Crippen LogP contribution in [0.5, 0.6) is 11.5 Å². The van der Waals surface area contributed by atoms with E-state index in [0.29, 0.717) is 12.2 Å². The smallest absolute Gasteiger partial charge is 0.125 e. The minimum Gasteiger partial charge on any atom is -0.497 e. The van der Waals surface area contributed by atoms with Gasteiger partial charge in [-0.05, 0) is 51.8 Å². The molecule has 1 N–H and O–H groups in total. The molecule has 0 radical (unpaired) electrons. The van der Waals surface area contributed by atoms with Crippen molar-refractivity contribution in [2.45, 2.75) is 6.54 Å². The van der Waals surface area contributed by atoms with Crippen molar-refractivity contribution in [3.05, 3.63) is 52.3 Å². The lowest BCUT2D eigenvalue weighted by atomic mass is 10.2. The summed E-state index contributed by atoms with van der Waals surface area (Å²) in [5.41, 5.74) is 1.68. The van der Waals surface area contributed by atoms with Gasteiger partial charge in [-0.2, -0.15) is 0 Å². The van der Waals surface area contributed by atoms with Crippen LogP contribution >= 0.6 is 15.9 Å². The van der Waals surface area contributed by atoms with Crippen molar-refractivity contribution in [3.8, 4) is 11.5 Å². The molecule has 0 unspecified atom stereocenters. The molecule has 0 saturated heterocycles. The van der Waals surface area contributed by atoms with Crippen molar-refractivity contribution in [3.63, 3.8) is 0 Å². The fourth-order valence-corrected chi connectivity index (χ4v) is 2.19. The van der Waals surface area contributed by atoms with E-state index in [1.807, 2.05) is 18.2 Å². The predicted molar refractivity (Wildman–Crippen MR) is 81.0 cm³/mol. The second-order valence-electron chi connectivity index (χ2n) is 4.20. The number of methoxy groups -OCH3 is 2. The van der Waals surface area contributed by atoms with Crippen LogP contribution in [0.4, 0.5) is 10.1 Å². The molecule has 0 atom stereocenters. The Morgan fingerprint density at radius 3 is 2.30 bits per heavy atom. The van der Waals surface area contributed by atoms with Gasteiger partial charge in [0, 0.05) is 17.1 Å². The molecule has 0 bridgehead atoms. The fourth-order valence-electron chi connectivity index (χ4n) is 1.80. The molecule has 106 valence electrons. The van der Waals surface area contributed by atoms with Crippen molar-refractivity contribution in [1.29, 1.82) is 0 Å². The van der Waals surface area contributed by atoms with E-state index < -0.39 is 0 Å². The third-order valence-electron chi connectivity index (χ3n) is 2.82. The van der Waals surface area contributed by atoms with Gasteiger partial charge in [0.15, 0.2) is 0 Å². The van der Waals surface area contributed by atoms with Crippen molar-refractivity contribution in [1.82, 2.24) is 0 Å². The molecular formula is C15H15BrFNO2. The second-order valence-corrected chi connectivity index (χ2v) is 5.05. The summed E-state index contributed by atoms with van der Waals surface area (Å²) in [6, 6.07) is 10.1. The molecule has 5 heteroatoms. The van der Waals surface area contributed by atoms with Gasteiger partial charge >= 0.3 is 0 Å². The largest absolute Gasteiger partial charge is 0.497 e. The summed E-state index contributed by atoms with van der Waals surface area (Å²) in [5.74, 6) is 1.16. The molecule has 0 saturated carbocycles. The van der Waals surface area contributed by atoms with Gasteiger partial charge < -0.3 is 14.8 Å². The van der Waals surface area contributed by atoms with Gasteiger partial charge in [-0.15, -0.1) is 0 Å². The lowest BCUT2D eigenvalue weighted by molar-refractivity contribution is 0.393. The van der Waals surface area contributed by atoms with Crippen molar-refractivity contribution >= 4 is 21.6 Å². The molecule has 2 aromatic rings. The maximum atomic E-state index is 13.2. The van der Waals surface area contributed by atoms with E-state index in [0.717, 1.165) is 21.5 Å². The van der Waals surface area contributed by atoms with E-state index in [4.69, 9.17) is 9.47 Å². The zero-order valence-electron chi connectivity index (χ0n) is 11.2. The molecule has 20 heavy (non-hydrogen) atoms. The van der Waals surface area contributed by atoms with Gasteiger partial charge in [0.25, 0.3) is 0 Å². The molecule has 3 nitrogen and oxygen atoms in total. The first-order chi connectivity index (χ1) is 9.62. The van der Waals surface area contributed by atoms with Gasteiger partial charge in [-0.3, -0.25) is 0 Å². The third kappa shape index (κ3) is 3.63. The van der Waals surface area contributed by atoms with E-state index in [9.17, 15) is 4.39 Å². The molecule has 2 rings (SSSR count). The summed E-state index contributed by atoms with van der Waals surface area (Å²) >= 11 is 3.38. The monoisotopic (exact) mass is 339 g/mol. The molecule has 0 spiro atoms. The average Bonchev–Trinajstić information content (AvgIpc) is 2.47. The van der Waals surface area contributed by atoms with Crippen molar-refractivity contribution in [2.24, 2.45) is 0 Å². The first kappa shape index (κ1) is 14.7. The Bertz CT molecular complexity index is 582. The summed E-state index contributed by atoms with van der Waals surface area (Å²) in [5, 5.41) is 3.17. The normalized spacial score (nSPS) is 10.2. The number of hydrogen-bond acceptors (Lipinski definition) is 3. The Hall–Kier alpha value is -1.75. The molecule has 0 heterocycles. The Labute approximate surface area is 125 Å². The molecule has 2 aromatic carbocycles. The van der Waals surface area contributed by atoms with Crippen LogP contribution in [0.2, 0.25) is 0 Å². The highest BCUT2D eigenvalue weighted by Gasteiger charge is 2.04. The van der Waals surface area contributed by atoms with E-state index in [1.165, 1.54) is 12.1 Å². The minimum atomic E-state index is -0.279. The van der Waals surface area contributed by atoms with Gasteiger partial charge in [0.05, 0.1) is 19.9 Å². The van der Waals surface area contributed by atoms with Crippen LogP contribution in [0, 0.1) is 5.82 Å². The molecule has 0 aliphatic rings. The Balaban J connectivity index is 2.16. The van der Waals surface area contributed by atoms with Crippen molar-refractivity contribution < 1.29 is 13.9 Å². The molecule has 0 amide bonds. The van der Waals surface area contributed by atoms with Crippen LogP contribution in [-0.2, 0) is 6.54 Å². The molecular weight excluding hydrogens is 325 g/mol. The van der Waals surface area contributed by atoms with E-state index >= 15 is 0 Å². The van der Waals surface area contributed by atoms with Gasteiger partial charge in [-0.1, -0.05) is 0 Å². The highest BCUT2D eigenvalue weighted by molar-refractivity contribution is 9.10. The van der Waals surface area contributed by atoms with E-state index in [1.54, 1.807) is 20.3 Å². The Kier molecular flexibility index (Phi) is 4.84. The number of nitrogens with one attached hydrogen (secondary N) is 1. The number of anilines is 1. The quantitative estimate of drug-likeness (QED) is 0.884. The lowest BCUT2D eigenvalue weighted by Crippen LogP contribution is -2.01.